The molecule has 13 heavy (non-hydrogen) atoms. The molecule has 1 aromatic heterocycles. The highest BCUT2D eigenvalue weighted by Crippen LogP contribution is 2.16. The number of hydrogen-bond acceptors (Lipinski definition) is 4. The quantitative estimate of drug-likeness (QED) is 0.536. The van der Waals surface area contributed by atoms with E-state index in [1.807, 2.05) is 26.8 Å². The van der Waals surface area contributed by atoms with Crippen molar-refractivity contribution in [3.8, 4) is 5.88 Å². The molecule has 0 unspecified atom stereocenters. The molecule has 0 saturated heterocycles. The smallest absolute Gasteiger partial charge is 0.215 e. The molecule has 0 aliphatic carbocycles. The van der Waals surface area contributed by atoms with Crippen LogP contribution in [0.2, 0.25) is 0 Å². The Hall–Kier alpha value is -1.29. The molecule has 0 aromatic carbocycles. The summed E-state index contributed by atoms with van der Waals surface area (Å²) in [6.45, 7) is 5.91. The van der Waals surface area contributed by atoms with Gasteiger partial charge in [0.1, 0.15) is 11.4 Å². The lowest BCUT2D eigenvalue weighted by molar-refractivity contribution is 0.124. The largest absolute Gasteiger partial charge is 0.472 e. The van der Waals surface area contributed by atoms with Crippen molar-refractivity contribution in [2.24, 2.45) is 5.84 Å². The van der Waals surface area contributed by atoms with Crippen LogP contribution in [0.5, 0.6) is 5.88 Å². The first-order valence-electron chi connectivity index (χ1n) is 4.14. The highest BCUT2D eigenvalue weighted by molar-refractivity contribution is 5.35. The van der Waals surface area contributed by atoms with Gasteiger partial charge in [0.15, 0.2) is 0 Å². The van der Waals surface area contributed by atoms with E-state index in [1.54, 1.807) is 12.1 Å². The van der Waals surface area contributed by atoms with Crippen molar-refractivity contribution >= 4 is 5.82 Å². The van der Waals surface area contributed by atoms with E-state index < -0.39 is 0 Å². The number of nitrogens with one attached hydrogen (secondary N) is 1. The first-order chi connectivity index (χ1) is 6.01. The van der Waals surface area contributed by atoms with E-state index in [0.29, 0.717) is 11.7 Å². The molecular weight excluding hydrogens is 166 g/mol. The predicted octanol–water partition coefficient (Wildman–Crippen LogP) is 1.54. The SMILES string of the molecule is CC(C)(C)Oc1cccc(NN)n1. The number of nitrogens with zero attached hydrogens (tertiary/aromatic N) is 1. The van der Waals surface area contributed by atoms with Crippen LogP contribution in [0.25, 0.3) is 0 Å². The van der Waals surface area contributed by atoms with Crippen LogP contribution in [-0.4, -0.2) is 10.6 Å². The summed E-state index contributed by atoms with van der Waals surface area (Å²) >= 11 is 0. The van der Waals surface area contributed by atoms with Gasteiger partial charge < -0.3 is 10.2 Å². The monoisotopic (exact) mass is 181 g/mol. The van der Waals surface area contributed by atoms with Crippen molar-refractivity contribution in [2.75, 3.05) is 5.43 Å². The molecule has 72 valence electrons. The van der Waals surface area contributed by atoms with Crippen molar-refractivity contribution in [3.05, 3.63) is 18.2 Å². The molecule has 0 aliphatic rings. The summed E-state index contributed by atoms with van der Waals surface area (Å²) in [4.78, 5) is 4.12. The molecule has 0 bridgehead atoms. The standard InChI is InChI=1S/C9H15N3O/c1-9(2,3)13-8-6-4-5-7(11-8)12-10/h4-6H,10H2,1-3H3,(H,11,12). The maximum atomic E-state index is 5.54. The highest BCUT2D eigenvalue weighted by Gasteiger charge is 2.12. The fourth-order valence-electron chi connectivity index (χ4n) is 0.866. The Morgan fingerprint density at radius 1 is 1.38 bits per heavy atom. The van der Waals surface area contributed by atoms with Gasteiger partial charge in [0.25, 0.3) is 0 Å². The number of nitrogens with two attached hydrogens (primary N) is 1. The highest BCUT2D eigenvalue weighted by atomic mass is 16.5. The zero-order valence-corrected chi connectivity index (χ0v) is 8.16. The predicted molar refractivity (Wildman–Crippen MR) is 52.4 cm³/mol. The van der Waals surface area contributed by atoms with Gasteiger partial charge in [-0.2, -0.15) is 4.98 Å². The van der Waals surface area contributed by atoms with E-state index in [0.717, 1.165) is 0 Å². The topological polar surface area (TPSA) is 60.2 Å². The molecule has 0 fully saturated rings. The molecule has 0 amide bonds. The molecule has 3 N–H and O–H groups in total. The van der Waals surface area contributed by atoms with Gasteiger partial charge in [0.2, 0.25) is 5.88 Å². The number of aromatic nitrogens is 1. The Bertz CT molecular complexity index is 280. The number of rotatable bonds is 2. The van der Waals surface area contributed by atoms with E-state index in [1.165, 1.54) is 0 Å². The van der Waals surface area contributed by atoms with Crippen molar-refractivity contribution < 1.29 is 4.74 Å². The van der Waals surface area contributed by atoms with Crippen LogP contribution in [0.4, 0.5) is 5.82 Å². The number of ether oxygens (including phenoxy) is 1. The Balaban J connectivity index is 2.78. The average molecular weight is 181 g/mol. The first-order valence-corrected chi connectivity index (χ1v) is 4.14. The van der Waals surface area contributed by atoms with Gasteiger partial charge in [-0.25, -0.2) is 5.84 Å². The molecule has 0 atom stereocenters. The van der Waals surface area contributed by atoms with Gasteiger partial charge in [0.05, 0.1) is 0 Å². The number of anilines is 1. The number of hydrazine groups is 1. The van der Waals surface area contributed by atoms with Crippen LogP contribution >= 0.6 is 0 Å². The molecule has 0 radical (unpaired) electrons. The minimum atomic E-state index is -0.236. The van der Waals surface area contributed by atoms with Crippen molar-refractivity contribution in [1.29, 1.82) is 0 Å². The third-order valence-electron chi connectivity index (χ3n) is 1.28. The number of hydrogen-bond donors (Lipinski definition) is 2. The minimum absolute atomic E-state index is 0.236. The van der Waals surface area contributed by atoms with E-state index >= 15 is 0 Å². The summed E-state index contributed by atoms with van der Waals surface area (Å²) in [7, 11) is 0. The van der Waals surface area contributed by atoms with Crippen LogP contribution in [0.3, 0.4) is 0 Å². The summed E-state index contributed by atoms with van der Waals surface area (Å²) in [6, 6.07) is 5.41. The van der Waals surface area contributed by atoms with Crippen LogP contribution < -0.4 is 16.0 Å². The maximum absolute atomic E-state index is 5.54. The van der Waals surface area contributed by atoms with E-state index in [9.17, 15) is 0 Å². The normalized spacial score (nSPS) is 11.1. The van der Waals surface area contributed by atoms with Crippen molar-refractivity contribution in [1.82, 2.24) is 4.98 Å². The average Bonchev–Trinajstić information content (AvgIpc) is 2.01. The van der Waals surface area contributed by atoms with Crippen LogP contribution in [-0.2, 0) is 0 Å². The van der Waals surface area contributed by atoms with E-state index in [4.69, 9.17) is 10.6 Å². The van der Waals surface area contributed by atoms with E-state index in [-0.39, 0.29) is 5.60 Å². The molecular formula is C9H15N3O. The second kappa shape index (κ2) is 3.62. The van der Waals surface area contributed by atoms with Gasteiger partial charge in [-0.05, 0) is 26.8 Å². The molecule has 0 aliphatic heterocycles. The third-order valence-corrected chi connectivity index (χ3v) is 1.28. The molecule has 4 heteroatoms. The Kier molecular flexibility index (Phi) is 2.72. The lowest BCUT2D eigenvalue weighted by atomic mass is 10.2. The van der Waals surface area contributed by atoms with Crippen LogP contribution in [0, 0.1) is 0 Å². The zero-order valence-electron chi connectivity index (χ0n) is 8.16. The Morgan fingerprint density at radius 2 is 2.08 bits per heavy atom. The lowest BCUT2D eigenvalue weighted by Crippen LogP contribution is -2.23. The third kappa shape index (κ3) is 3.29. The van der Waals surface area contributed by atoms with Gasteiger partial charge in [0, 0.05) is 6.07 Å². The van der Waals surface area contributed by atoms with Crippen LogP contribution in [0.15, 0.2) is 18.2 Å². The molecule has 0 spiro atoms. The lowest BCUT2D eigenvalue weighted by Gasteiger charge is -2.20. The molecule has 1 rings (SSSR count). The molecule has 4 nitrogen and oxygen atoms in total. The number of pyridine rings is 1. The Labute approximate surface area is 78.1 Å². The van der Waals surface area contributed by atoms with Gasteiger partial charge in [-0.1, -0.05) is 6.07 Å². The zero-order chi connectivity index (χ0) is 9.90. The second-order valence-electron chi connectivity index (χ2n) is 3.72. The van der Waals surface area contributed by atoms with Crippen molar-refractivity contribution in [2.45, 2.75) is 26.4 Å². The van der Waals surface area contributed by atoms with Crippen LogP contribution in [0.1, 0.15) is 20.8 Å². The van der Waals surface area contributed by atoms with Gasteiger partial charge in [-0.15, -0.1) is 0 Å². The first kappa shape index (κ1) is 9.80. The second-order valence-corrected chi connectivity index (χ2v) is 3.72. The summed E-state index contributed by atoms with van der Waals surface area (Å²) in [6.07, 6.45) is 0. The maximum Gasteiger partial charge on any atom is 0.215 e. The van der Waals surface area contributed by atoms with Gasteiger partial charge in [-0.3, -0.25) is 0 Å². The summed E-state index contributed by atoms with van der Waals surface area (Å²) in [5, 5.41) is 0. The summed E-state index contributed by atoms with van der Waals surface area (Å²) in [5.74, 6) is 6.39. The van der Waals surface area contributed by atoms with Gasteiger partial charge >= 0.3 is 0 Å². The fourth-order valence-corrected chi connectivity index (χ4v) is 0.866. The summed E-state index contributed by atoms with van der Waals surface area (Å²) in [5.41, 5.74) is 2.23. The minimum Gasteiger partial charge on any atom is -0.472 e. The summed E-state index contributed by atoms with van der Waals surface area (Å²) < 4.78 is 5.54. The Morgan fingerprint density at radius 3 is 2.62 bits per heavy atom. The number of nitrogen functional groups attached to an aromatic ring is 1. The molecule has 1 heterocycles. The molecule has 0 saturated carbocycles. The van der Waals surface area contributed by atoms with Crippen molar-refractivity contribution in [3.63, 3.8) is 0 Å². The fraction of sp³-hybridized carbons (Fsp3) is 0.444. The molecule has 1 aromatic rings. The van der Waals surface area contributed by atoms with E-state index in [2.05, 4.69) is 10.4 Å².